The first kappa shape index (κ1) is 13.4. The molecule has 1 saturated heterocycles. The molecule has 1 aliphatic rings. The molecule has 0 aromatic heterocycles. The Morgan fingerprint density at radius 3 is 2.69 bits per heavy atom. The van der Waals surface area contributed by atoms with Crippen LogP contribution in [-0.2, 0) is 19.6 Å². The molecule has 94 valence electrons. The number of carbonyl (C=O) groups is 1. The zero-order valence-corrected chi connectivity index (χ0v) is 9.44. The molecule has 7 nitrogen and oxygen atoms in total. The second-order valence-corrected chi connectivity index (χ2v) is 5.41. The maximum atomic E-state index is 11.5. The van der Waals surface area contributed by atoms with Crippen molar-refractivity contribution in [1.29, 1.82) is 0 Å². The summed E-state index contributed by atoms with van der Waals surface area (Å²) in [6.45, 7) is -0.247. The minimum absolute atomic E-state index is 0.267. The lowest BCUT2D eigenvalue weighted by molar-refractivity contribution is -0.139. The Labute approximate surface area is 93.5 Å². The van der Waals surface area contributed by atoms with Gasteiger partial charge in [0.05, 0.1) is 18.5 Å². The molecule has 0 amide bonds. The molecule has 1 unspecified atom stereocenters. The van der Waals surface area contributed by atoms with Crippen LogP contribution >= 0.6 is 0 Å². The van der Waals surface area contributed by atoms with E-state index in [0.29, 0.717) is 13.0 Å². The third-order valence-corrected chi connectivity index (χ3v) is 3.69. The van der Waals surface area contributed by atoms with Crippen molar-refractivity contribution < 1.29 is 28.2 Å². The Hall–Kier alpha value is -0.700. The average molecular weight is 253 g/mol. The van der Waals surface area contributed by atoms with Gasteiger partial charge in [-0.3, -0.25) is 4.79 Å². The van der Waals surface area contributed by atoms with Gasteiger partial charge in [-0.05, 0) is 12.8 Å². The van der Waals surface area contributed by atoms with Crippen LogP contribution in [0.15, 0.2) is 0 Å². The van der Waals surface area contributed by atoms with Gasteiger partial charge in [-0.25, -0.2) is 8.42 Å². The molecule has 1 fully saturated rings. The van der Waals surface area contributed by atoms with Crippen molar-refractivity contribution in [2.75, 3.05) is 19.0 Å². The predicted molar refractivity (Wildman–Crippen MR) is 54.4 cm³/mol. The molecular weight excluding hydrogens is 238 g/mol. The fourth-order valence-corrected chi connectivity index (χ4v) is 2.91. The summed E-state index contributed by atoms with van der Waals surface area (Å²) in [4.78, 5) is 10.5. The number of hydrogen-bond donors (Lipinski definition) is 3. The highest BCUT2D eigenvalue weighted by atomic mass is 32.2. The number of aliphatic hydroxyl groups is 1. The minimum atomic E-state index is -3.74. The van der Waals surface area contributed by atoms with Crippen molar-refractivity contribution in [2.45, 2.75) is 25.0 Å². The number of aliphatic carboxylic acids is 1. The molecule has 1 aliphatic heterocycles. The third-order valence-electron chi connectivity index (χ3n) is 2.23. The maximum Gasteiger partial charge on any atom is 0.324 e. The molecule has 0 aromatic rings. The molecule has 0 spiro atoms. The fourth-order valence-electron chi connectivity index (χ4n) is 1.45. The van der Waals surface area contributed by atoms with E-state index in [1.54, 1.807) is 0 Å². The first-order valence-corrected chi connectivity index (χ1v) is 6.55. The highest BCUT2D eigenvalue weighted by Crippen LogP contribution is 2.13. The first-order chi connectivity index (χ1) is 7.44. The molecule has 8 heteroatoms. The normalized spacial score (nSPS) is 23.2. The second kappa shape index (κ2) is 5.58. The number of nitrogens with one attached hydrogen (secondary N) is 1. The van der Waals surface area contributed by atoms with Gasteiger partial charge in [0.1, 0.15) is 6.04 Å². The van der Waals surface area contributed by atoms with E-state index in [2.05, 4.69) is 0 Å². The van der Waals surface area contributed by atoms with Crippen molar-refractivity contribution >= 4 is 16.0 Å². The zero-order valence-electron chi connectivity index (χ0n) is 8.63. The summed E-state index contributed by atoms with van der Waals surface area (Å²) in [5, 5.41) is 17.3. The molecule has 1 heterocycles. The van der Waals surface area contributed by atoms with Gasteiger partial charge in [0.2, 0.25) is 10.0 Å². The number of hydrogen-bond acceptors (Lipinski definition) is 5. The first-order valence-electron chi connectivity index (χ1n) is 4.90. The van der Waals surface area contributed by atoms with Gasteiger partial charge in [-0.15, -0.1) is 0 Å². The number of carboxylic acid groups (broad SMARTS) is 1. The number of rotatable bonds is 6. The van der Waals surface area contributed by atoms with E-state index in [4.69, 9.17) is 14.9 Å². The SMILES string of the molecule is O=C(O)[C@@H](CO)NS(=O)(=O)CC1CCCO1. The largest absolute Gasteiger partial charge is 0.480 e. The van der Waals surface area contributed by atoms with Crippen LogP contribution in [0.3, 0.4) is 0 Å². The second-order valence-electron chi connectivity index (χ2n) is 3.61. The van der Waals surface area contributed by atoms with Gasteiger partial charge in [-0.1, -0.05) is 0 Å². The lowest BCUT2D eigenvalue weighted by Gasteiger charge is -2.14. The summed E-state index contributed by atoms with van der Waals surface area (Å²) in [7, 11) is -3.74. The van der Waals surface area contributed by atoms with Gasteiger partial charge in [0, 0.05) is 6.61 Å². The van der Waals surface area contributed by atoms with Crippen LogP contribution in [0, 0.1) is 0 Å². The fraction of sp³-hybridized carbons (Fsp3) is 0.875. The maximum absolute atomic E-state index is 11.5. The van der Waals surface area contributed by atoms with E-state index in [1.807, 2.05) is 4.72 Å². The summed E-state index contributed by atoms with van der Waals surface area (Å²) in [5.41, 5.74) is 0. The number of sulfonamides is 1. The van der Waals surface area contributed by atoms with Crippen LogP contribution < -0.4 is 4.72 Å². The van der Waals surface area contributed by atoms with Crippen molar-refractivity contribution in [1.82, 2.24) is 4.72 Å². The molecule has 0 aromatic carbocycles. The highest BCUT2D eigenvalue weighted by molar-refractivity contribution is 7.89. The van der Waals surface area contributed by atoms with E-state index >= 15 is 0 Å². The molecule has 0 aliphatic carbocycles. The zero-order chi connectivity index (χ0) is 12.2. The molecule has 0 bridgehead atoms. The topological polar surface area (TPSA) is 113 Å². The molecule has 16 heavy (non-hydrogen) atoms. The summed E-state index contributed by atoms with van der Waals surface area (Å²) in [5.74, 6) is -1.67. The Bertz CT molecular complexity index is 334. The molecule has 0 saturated carbocycles. The van der Waals surface area contributed by atoms with Crippen molar-refractivity contribution in [2.24, 2.45) is 0 Å². The standard InChI is InChI=1S/C8H15NO6S/c10-4-7(8(11)12)9-16(13,14)5-6-2-1-3-15-6/h6-7,9-10H,1-5H2,(H,11,12)/t6?,7-/m1/s1. The van der Waals surface area contributed by atoms with Crippen molar-refractivity contribution in [3.8, 4) is 0 Å². The van der Waals surface area contributed by atoms with Crippen LogP contribution in [-0.4, -0.2) is 55.7 Å². The number of ether oxygens (including phenoxy) is 1. The molecule has 1 rings (SSSR count). The Morgan fingerprint density at radius 2 is 2.25 bits per heavy atom. The van der Waals surface area contributed by atoms with Crippen molar-refractivity contribution in [3.63, 3.8) is 0 Å². The molecule has 0 radical (unpaired) electrons. The van der Waals surface area contributed by atoms with Gasteiger partial charge in [-0.2, -0.15) is 4.72 Å². The van der Waals surface area contributed by atoms with Crippen molar-refractivity contribution in [3.05, 3.63) is 0 Å². The van der Waals surface area contributed by atoms with Crippen LogP contribution in [0.2, 0.25) is 0 Å². The number of carboxylic acids is 1. The van der Waals surface area contributed by atoms with E-state index in [1.165, 1.54) is 0 Å². The quantitative estimate of drug-likeness (QED) is 0.532. The molecule has 2 atom stereocenters. The highest BCUT2D eigenvalue weighted by Gasteiger charge is 2.27. The summed E-state index contributed by atoms with van der Waals surface area (Å²) < 4.78 is 30.0. The van der Waals surface area contributed by atoms with Crippen LogP contribution in [0.5, 0.6) is 0 Å². The lowest BCUT2D eigenvalue weighted by Crippen LogP contribution is -2.45. The average Bonchev–Trinajstić information content (AvgIpc) is 2.65. The Balaban J connectivity index is 2.52. The third kappa shape index (κ3) is 4.05. The van der Waals surface area contributed by atoms with Crippen LogP contribution in [0.1, 0.15) is 12.8 Å². The number of aliphatic hydroxyl groups excluding tert-OH is 1. The monoisotopic (exact) mass is 253 g/mol. The molecular formula is C8H15NO6S. The smallest absolute Gasteiger partial charge is 0.324 e. The van der Waals surface area contributed by atoms with Gasteiger partial charge >= 0.3 is 5.97 Å². The van der Waals surface area contributed by atoms with Gasteiger partial charge in [0.25, 0.3) is 0 Å². The Morgan fingerprint density at radius 1 is 1.56 bits per heavy atom. The Kier molecular flexibility index (Phi) is 4.66. The summed E-state index contributed by atoms with van der Waals surface area (Å²) >= 11 is 0. The lowest BCUT2D eigenvalue weighted by atomic mass is 10.3. The van der Waals surface area contributed by atoms with E-state index < -0.39 is 28.6 Å². The van der Waals surface area contributed by atoms with Crippen LogP contribution in [0.25, 0.3) is 0 Å². The predicted octanol–water partition coefficient (Wildman–Crippen LogP) is -1.47. The van der Waals surface area contributed by atoms with E-state index in [0.717, 1.165) is 6.42 Å². The van der Waals surface area contributed by atoms with Gasteiger partial charge < -0.3 is 14.9 Å². The van der Waals surface area contributed by atoms with E-state index in [9.17, 15) is 13.2 Å². The summed E-state index contributed by atoms with van der Waals surface area (Å²) in [6, 6.07) is -1.49. The minimum Gasteiger partial charge on any atom is -0.480 e. The summed E-state index contributed by atoms with van der Waals surface area (Å²) in [6.07, 6.45) is 1.07. The van der Waals surface area contributed by atoms with Gasteiger partial charge in [0.15, 0.2) is 0 Å². The van der Waals surface area contributed by atoms with Crippen LogP contribution in [0.4, 0.5) is 0 Å². The molecule has 3 N–H and O–H groups in total. The van der Waals surface area contributed by atoms with E-state index in [-0.39, 0.29) is 11.9 Å².